The Kier molecular flexibility index (Phi) is 6.09. The minimum Gasteiger partial charge on any atom is -0.459 e. The van der Waals surface area contributed by atoms with E-state index in [1.807, 2.05) is 0 Å². The normalized spacial score (nSPS) is 10.4. The van der Waals surface area contributed by atoms with E-state index < -0.39 is 17.8 Å². The molecular formula is C16H19FO4. The Morgan fingerprint density at radius 1 is 0.952 bits per heavy atom. The maximum absolute atomic E-state index is 12.9. The molecule has 0 aromatic heterocycles. The SMILES string of the molecule is CC(C)OC(=O)C(=Cc1ccc(F)cc1)C(=O)OC(C)C. The van der Waals surface area contributed by atoms with Gasteiger partial charge in [0.25, 0.3) is 0 Å². The van der Waals surface area contributed by atoms with Crippen LogP contribution in [-0.4, -0.2) is 24.1 Å². The van der Waals surface area contributed by atoms with E-state index in [2.05, 4.69) is 0 Å². The van der Waals surface area contributed by atoms with Crippen LogP contribution in [0.3, 0.4) is 0 Å². The van der Waals surface area contributed by atoms with Crippen molar-refractivity contribution in [1.82, 2.24) is 0 Å². The molecule has 0 radical (unpaired) electrons. The van der Waals surface area contributed by atoms with E-state index in [9.17, 15) is 14.0 Å². The molecular weight excluding hydrogens is 275 g/mol. The number of ether oxygens (including phenoxy) is 2. The van der Waals surface area contributed by atoms with Gasteiger partial charge in [0.2, 0.25) is 0 Å². The third-order valence-corrected chi connectivity index (χ3v) is 2.31. The number of halogens is 1. The molecule has 21 heavy (non-hydrogen) atoms. The van der Waals surface area contributed by atoms with Gasteiger partial charge in [-0.15, -0.1) is 0 Å². The highest BCUT2D eigenvalue weighted by Gasteiger charge is 2.23. The molecule has 0 aliphatic carbocycles. The number of hydrogen-bond acceptors (Lipinski definition) is 4. The van der Waals surface area contributed by atoms with E-state index in [4.69, 9.17) is 9.47 Å². The van der Waals surface area contributed by atoms with Gasteiger partial charge in [-0.1, -0.05) is 12.1 Å². The summed E-state index contributed by atoms with van der Waals surface area (Å²) < 4.78 is 22.9. The summed E-state index contributed by atoms with van der Waals surface area (Å²) >= 11 is 0. The lowest BCUT2D eigenvalue weighted by Crippen LogP contribution is -2.23. The van der Waals surface area contributed by atoms with Gasteiger partial charge in [0.05, 0.1) is 12.2 Å². The average molecular weight is 294 g/mol. The summed E-state index contributed by atoms with van der Waals surface area (Å²) in [6.07, 6.45) is 0.608. The van der Waals surface area contributed by atoms with Crippen LogP contribution in [-0.2, 0) is 19.1 Å². The lowest BCUT2D eigenvalue weighted by molar-refractivity contribution is -0.150. The predicted octanol–water partition coefficient (Wildman–Crippen LogP) is 3.11. The van der Waals surface area contributed by atoms with Crippen LogP contribution in [0.2, 0.25) is 0 Å². The summed E-state index contributed by atoms with van der Waals surface area (Å²) in [5, 5.41) is 0. The zero-order chi connectivity index (χ0) is 16.0. The third kappa shape index (κ3) is 5.77. The van der Waals surface area contributed by atoms with Crippen molar-refractivity contribution in [2.75, 3.05) is 0 Å². The van der Waals surface area contributed by atoms with Crippen molar-refractivity contribution >= 4 is 18.0 Å². The fraction of sp³-hybridized carbons (Fsp3) is 0.375. The molecule has 0 heterocycles. The van der Waals surface area contributed by atoms with Crippen LogP contribution in [0.25, 0.3) is 6.08 Å². The molecule has 5 heteroatoms. The van der Waals surface area contributed by atoms with Gasteiger partial charge < -0.3 is 9.47 Å². The molecule has 0 unspecified atom stereocenters. The van der Waals surface area contributed by atoms with Crippen LogP contribution >= 0.6 is 0 Å². The van der Waals surface area contributed by atoms with Gasteiger partial charge in [-0.25, -0.2) is 14.0 Å². The molecule has 0 aliphatic rings. The lowest BCUT2D eigenvalue weighted by Gasteiger charge is -2.12. The van der Waals surface area contributed by atoms with Crippen LogP contribution in [0.5, 0.6) is 0 Å². The van der Waals surface area contributed by atoms with Crippen molar-refractivity contribution in [2.45, 2.75) is 39.9 Å². The van der Waals surface area contributed by atoms with E-state index >= 15 is 0 Å². The predicted molar refractivity (Wildman–Crippen MR) is 76.8 cm³/mol. The number of esters is 2. The summed E-state index contributed by atoms with van der Waals surface area (Å²) in [6, 6.07) is 5.40. The summed E-state index contributed by atoms with van der Waals surface area (Å²) in [4.78, 5) is 24.0. The van der Waals surface area contributed by atoms with Crippen molar-refractivity contribution in [3.05, 3.63) is 41.2 Å². The van der Waals surface area contributed by atoms with E-state index in [1.165, 1.54) is 30.3 Å². The first-order chi connectivity index (χ1) is 9.79. The molecule has 0 saturated carbocycles. The van der Waals surface area contributed by atoms with Crippen LogP contribution in [0.1, 0.15) is 33.3 Å². The maximum Gasteiger partial charge on any atom is 0.345 e. The molecule has 0 N–H and O–H groups in total. The van der Waals surface area contributed by atoms with Crippen molar-refractivity contribution in [2.24, 2.45) is 0 Å². The number of carbonyl (C=O) groups excluding carboxylic acids is 2. The van der Waals surface area contributed by atoms with Crippen molar-refractivity contribution in [3.8, 4) is 0 Å². The molecule has 0 aliphatic heterocycles. The molecule has 0 amide bonds. The molecule has 1 aromatic carbocycles. The van der Waals surface area contributed by atoms with Gasteiger partial charge in [0.1, 0.15) is 11.4 Å². The van der Waals surface area contributed by atoms with Crippen LogP contribution in [0.15, 0.2) is 29.8 Å². The second kappa shape index (κ2) is 7.57. The minimum atomic E-state index is -0.764. The van der Waals surface area contributed by atoms with Gasteiger partial charge >= 0.3 is 11.9 Å². The minimum absolute atomic E-state index is 0.219. The zero-order valence-electron chi connectivity index (χ0n) is 12.6. The van der Waals surface area contributed by atoms with E-state index in [0.717, 1.165) is 0 Å². The standard InChI is InChI=1S/C16H19FO4/c1-10(2)20-15(18)14(16(19)21-11(3)4)9-12-5-7-13(17)8-6-12/h5-11H,1-4H3. The number of hydrogen-bond donors (Lipinski definition) is 0. The first-order valence-corrected chi connectivity index (χ1v) is 6.69. The summed E-state index contributed by atoms with van der Waals surface area (Å²) in [6.45, 7) is 6.73. The first-order valence-electron chi connectivity index (χ1n) is 6.69. The number of rotatable bonds is 5. The highest BCUT2D eigenvalue weighted by atomic mass is 19.1. The van der Waals surface area contributed by atoms with Crippen LogP contribution < -0.4 is 0 Å². The van der Waals surface area contributed by atoms with Crippen LogP contribution in [0.4, 0.5) is 4.39 Å². The van der Waals surface area contributed by atoms with Gasteiger partial charge in [-0.05, 0) is 51.5 Å². The summed E-state index contributed by atoms with van der Waals surface area (Å²) in [7, 11) is 0. The van der Waals surface area contributed by atoms with Gasteiger partial charge in [-0.2, -0.15) is 0 Å². The maximum atomic E-state index is 12.9. The number of carbonyl (C=O) groups is 2. The molecule has 1 rings (SSSR count). The van der Waals surface area contributed by atoms with Crippen molar-refractivity contribution in [3.63, 3.8) is 0 Å². The molecule has 1 aromatic rings. The zero-order valence-corrected chi connectivity index (χ0v) is 12.6. The first kappa shape index (κ1) is 16.9. The Morgan fingerprint density at radius 3 is 1.76 bits per heavy atom. The van der Waals surface area contributed by atoms with Gasteiger partial charge in [0.15, 0.2) is 0 Å². The quantitative estimate of drug-likeness (QED) is 0.362. The van der Waals surface area contributed by atoms with E-state index in [0.29, 0.717) is 5.56 Å². The Bertz CT molecular complexity index is 506. The Morgan fingerprint density at radius 2 is 1.38 bits per heavy atom. The molecule has 0 atom stereocenters. The third-order valence-electron chi connectivity index (χ3n) is 2.31. The number of benzene rings is 1. The smallest absolute Gasteiger partial charge is 0.345 e. The van der Waals surface area contributed by atoms with Crippen molar-refractivity contribution < 1.29 is 23.5 Å². The second-order valence-corrected chi connectivity index (χ2v) is 5.02. The van der Waals surface area contributed by atoms with Gasteiger partial charge in [0, 0.05) is 0 Å². The van der Waals surface area contributed by atoms with Gasteiger partial charge in [-0.3, -0.25) is 0 Å². The largest absolute Gasteiger partial charge is 0.459 e. The van der Waals surface area contributed by atoms with Crippen molar-refractivity contribution in [1.29, 1.82) is 0 Å². The topological polar surface area (TPSA) is 52.6 Å². The Balaban J connectivity index is 3.08. The second-order valence-electron chi connectivity index (χ2n) is 5.02. The average Bonchev–Trinajstić information content (AvgIpc) is 2.36. The fourth-order valence-corrected chi connectivity index (χ4v) is 1.48. The molecule has 0 spiro atoms. The molecule has 4 nitrogen and oxygen atoms in total. The highest BCUT2D eigenvalue weighted by molar-refractivity contribution is 6.17. The monoisotopic (exact) mass is 294 g/mol. The molecule has 114 valence electrons. The van der Waals surface area contributed by atoms with E-state index in [-0.39, 0.29) is 17.8 Å². The molecule has 0 fully saturated rings. The van der Waals surface area contributed by atoms with E-state index in [1.54, 1.807) is 27.7 Å². The lowest BCUT2D eigenvalue weighted by atomic mass is 10.1. The Labute approximate surface area is 123 Å². The fourth-order valence-electron chi connectivity index (χ4n) is 1.48. The summed E-state index contributed by atoms with van der Waals surface area (Å²) in [5.74, 6) is -1.93. The molecule has 0 saturated heterocycles. The Hall–Kier alpha value is -2.17. The van der Waals surface area contributed by atoms with Crippen LogP contribution in [0, 0.1) is 5.82 Å². The highest BCUT2D eigenvalue weighted by Crippen LogP contribution is 2.13. The molecule has 0 bridgehead atoms. The summed E-state index contributed by atoms with van der Waals surface area (Å²) in [5.41, 5.74) is 0.289.